The Morgan fingerprint density at radius 2 is 2.00 bits per heavy atom. The largest absolute Gasteiger partial charge is 0.357 e. The molecule has 0 saturated carbocycles. The maximum absolute atomic E-state index is 4.47. The maximum Gasteiger partial charge on any atom is 0.224 e. The van der Waals surface area contributed by atoms with Gasteiger partial charge in [-0.15, -0.1) is 0 Å². The van der Waals surface area contributed by atoms with Gasteiger partial charge in [-0.1, -0.05) is 13.8 Å². The third kappa shape index (κ3) is 2.43. The first kappa shape index (κ1) is 11.2. The molecule has 1 aromatic rings. The molecule has 0 aliphatic carbocycles. The van der Waals surface area contributed by atoms with Gasteiger partial charge >= 0.3 is 0 Å². The van der Waals surface area contributed by atoms with Gasteiger partial charge in [0, 0.05) is 26.3 Å². The zero-order chi connectivity index (χ0) is 11.6. The van der Waals surface area contributed by atoms with Crippen molar-refractivity contribution in [1.82, 2.24) is 9.97 Å². The number of nitrogens with zero attached hydrogens (tertiary/aromatic N) is 3. The van der Waals surface area contributed by atoms with E-state index in [0.717, 1.165) is 18.9 Å². The molecule has 4 heteroatoms. The van der Waals surface area contributed by atoms with E-state index >= 15 is 0 Å². The van der Waals surface area contributed by atoms with Crippen LogP contribution in [0.15, 0.2) is 12.3 Å². The standard InChI is InChI=1S/C12H20N4/c1-12(2)5-8-16(9-6-12)10-4-7-14-11(13-3)15-10/h4,7H,5-6,8-9H2,1-3H3,(H,13,14,15). The van der Waals surface area contributed by atoms with Crippen molar-refractivity contribution in [3.8, 4) is 0 Å². The van der Waals surface area contributed by atoms with Gasteiger partial charge < -0.3 is 10.2 Å². The molecule has 1 saturated heterocycles. The lowest BCUT2D eigenvalue weighted by Crippen LogP contribution is -2.37. The molecule has 4 nitrogen and oxygen atoms in total. The zero-order valence-electron chi connectivity index (χ0n) is 10.3. The van der Waals surface area contributed by atoms with Gasteiger partial charge in [0.2, 0.25) is 5.95 Å². The van der Waals surface area contributed by atoms with Crippen molar-refractivity contribution in [2.45, 2.75) is 26.7 Å². The molecule has 88 valence electrons. The Morgan fingerprint density at radius 3 is 2.62 bits per heavy atom. The van der Waals surface area contributed by atoms with Crippen LogP contribution in [0.3, 0.4) is 0 Å². The molecule has 0 aromatic carbocycles. The van der Waals surface area contributed by atoms with E-state index in [9.17, 15) is 0 Å². The van der Waals surface area contributed by atoms with Crippen molar-refractivity contribution in [1.29, 1.82) is 0 Å². The Morgan fingerprint density at radius 1 is 1.31 bits per heavy atom. The van der Waals surface area contributed by atoms with Crippen LogP contribution in [0.4, 0.5) is 11.8 Å². The molecular weight excluding hydrogens is 200 g/mol. The number of aromatic nitrogens is 2. The predicted octanol–water partition coefficient (Wildman–Crippen LogP) is 2.14. The van der Waals surface area contributed by atoms with Crippen LogP contribution in [0.25, 0.3) is 0 Å². The minimum Gasteiger partial charge on any atom is -0.357 e. The highest BCUT2D eigenvalue weighted by Crippen LogP contribution is 2.31. The predicted molar refractivity (Wildman–Crippen MR) is 66.8 cm³/mol. The lowest BCUT2D eigenvalue weighted by molar-refractivity contribution is 0.279. The second kappa shape index (κ2) is 4.28. The summed E-state index contributed by atoms with van der Waals surface area (Å²) in [5.74, 6) is 1.73. The third-order valence-corrected chi connectivity index (χ3v) is 3.31. The quantitative estimate of drug-likeness (QED) is 0.829. The van der Waals surface area contributed by atoms with Crippen molar-refractivity contribution in [2.75, 3.05) is 30.4 Å². The summed E-state index contributed by atoms with van der Waals surface area (Å²) in [6.45, 7) is 6.85. The number of anilines is 2. The van der Waals surface area contributed by atoms with E-state index in [4.69, 9.17) is 0 Å². The van der Waals surface area contributed by atoms with E-state index in [1.807, 2.05) is 19.3 Å². The van der Waals surface area contributed by atoms with Gasteiger partial charge in [0.25, 0.3) is 0 Å². The third-order valence-electron chi connectivity index (χ3n) is 3.31. The second-order valence-electron chi connectivity index (χ2n) is 5.14. The fourth-order valence-corrected chi connectivity index (χ4v) is 1.99. The summed E-state index contributed by atoms with van der Waals surface area (Å²) < 4.78 is 0. The first-order valence-electron chi connectivity index (χ1n) is 5.86. The second-order valence-corrected chi connectivity index (χ2v) is 5.14. The molecule has 0 amide bonds. The van der Waals surface area contributed by atoms with Gasteiger partial charge in [0.15, 0.2) is 0 Å². The Balaban J connectivity index is 2.08. The van der Waals surface area contributed by atoms with Gasteiger partial charge in [-0.25, -0.2) is 4.98 Å². The lowest BCUT2D eigenvalue weighted by atomic mass is 9.83. The van der Waals surface area contributed by atoms with Gasteiger partial charge in [-0.05, 0) is 24.3 Å². The van der Waals surface area contributed by atoms with Gasteiger partial charge in [0.1, 0.15) is 5.82 Å². The topological polar surface area (TPSA) is 41.1 Å². The number of rotatable bonds is 2. The summed E-state index contributed by atoms with van der Waals surface area (Å²) in [7, 11) is 1.85. The lowest BCUT2D eigenvalue weighted by Gasteiger charge is -2.37. The fourth-order valence-electron chi connectivity index (χ4n) is 1.99. The van der Waals surface area contributed by atoms with Crippen LogP contribution in [-0.2, 0) is 0 Å². The van der Waals surface area contributed by atoms with Crippen LogP contribution < -0.4 is 10.2 Å². The highest BCUT2D eigenvalue weighted by atomic mass is 15.2. The van der Waals surface area contributed by atoms with E-state index in [-0.39, 0.29) is 0 Å². The van der Waals surface area contributed by atoms with Crippen molar-refractivity contribution in [2.24, 2.45) is 5.41 Å². The van der Waals surface area contributed by atoms with Crippen LogP contribution in [0.5, 0.6) is 0 Å². The molecular formula is C12H20N4. The highest BCUT2D eigenvalue weighted by molar-refractivity contribution is 5.42. The molecule has 2 heterocycles. The van der Waals surface area contributed by atoms with Crippen LogP contribution in [0.2, 0.25) is 0 Å². The number of piperidine rings is 1. The Hall–Kier alpha value is -1.32. The Bertz CT molecular complexity index is 352. The van der Waals surface area contributed by atoms with Gasteiger partial charge in [0.05, 0.1) is 0 Å². The van der Waals surface area contributed by atoms with Gasteiger partial charge in [-0.3, -0.25) is 0 Å². The Labute approximate surface area is 97.1 Å². The molecule has 0 atom stereocenters. The molecule has 1 aromatic heterocycles. The molecule has 0 unspecified atom stereocenters. The summed E-state index contributed by atoms with van der Waals surface area (Å²) >= 11 is 0. The van der Waals surface area contributed by atoms with E-state index in [0.29, 0.717) is 11.4 Å². The molecule has 0 spiro atoms. The maximum atomic E-state index is 4.47. The van der Waals surface area contributed by atoms with Gasteiger partial charge in [-0.2, -0.15) is 4.98 Å². The van der Waals surface area contributed by atoms with Crippen molar-refractivity contribution in [3.05, 3.63) is 12.3 Å². The summed E-state index contributed by atoms with van der Waals surface area (Å²) in [4.78, 5) is 10.9. The van der Waals surface area contributed by atoms with Crippen molar-refractivity contribution >= 4 is 11.8 Å². The number of hydrogen-bond acceptors (Lipinski definition) is 4. The summed E-state index contributed by atoms with van der Waals surface area (Å²) in [5, 5.41) is 2.97. The van der Waals surface area contributed by atoms with E-state index < -0.39 is 0 Å². The molecule has 16 heavy (non-hydrogen) atoms. The summed E-state index contributed by atoms with van der Waals surface area (Å²) in [5.41, 5.74) is 0.482. The van der Waals surface area contributed by atoms with Crippen molar-refractivity contribution < 1.29 is 0 Å². The number of hydrogen-bond donors (Lipinski definition) is 1. The molecule has 0 bridgehead atoms. The van der Waals surface area contributed by atoms with Crippen LogP contribution >= 0.6 is 0 Å². The average molecular weight is 220 g/mol. The van der Waals surface area contributed by atoms with Crippen LogP contribution in [0.1, 0.15) is 26.7 Å². The van der Waals surface area contributed by atoms with E-state index in [1.165, 1.54) is 12.8 Å². The minimum absolute atomic E-state index is 0.482. The Kier molecular flexibility index (Phi) is 2.99. The normalized spacial score (nSPS) is 19.6. The molecule has 2 rings (SSSR count). The smallest absolute Gasteiger partial charge is 0.224 e. The zero-order valence-corrected chi connectivity index (χ0v) is 10.3. The van der Waals surface area contributed by atoms with Crippen LogP contribution in [-0.4, -0.2) is 30.1 Å². The average Bonchev–Trinajstić information content (AvgIpc) is 2.29. The van der Waals surface area contributed by atoms with E-state index in [1.54, 1.807) is 0 Å². The molecule has 1 aliphatic rings. The summed E-state index contributed by atoms with van der Waals surface area (Å²) in [6, 6.07) is 1.99. The number of nitrogens with one attached hydrogen (secondary N) is 1. The fraction of sp³-hybridized carbons (Fsp3) is 0.667. The molecule has 1 fully saturated rings. The highest BCUT2D eigenvalue weighted by Gasteiger charge is 2.25. The molecule has 1 N–H and O–H groups in total. The SMILES string of the molecule is CNc1nccc(N2CCC(C)(C)CC2)n1. The minimum atomic E-state index is 0.482. The van der Waals surface area contributed by atoms with Crippen molar-refractivity contribution in [3.63, 3.8) is 0 Å². The monoisotopic (exact) mass is 220 g/mol. The summed E-state index contributed by atoms with van der Waals surface area (Å²) in [6.07, 6.45) is 4.27. The van der Waals surface area contributed by atoms with E-state index in [2.05, 4.69) is 34.0 Å². The molecule has 0 radical (unpaired) electrons. The first-order valence-corrected chi connectivity index (χ1v) is 5.86. The molecule has 1 aliphatic heterocycles. The van der Waals surface area contributed by atoms with Crippen LogP contribution in [0, 0.1) is 5.41 Å². The first-order chi connectivity index (χ1) is 7.61.